The molecular formula is C20H16BrClN2O4. The summed E-state index contributed by atoms with van der Waals surface area (Å²) in [4.78, 5) is 24.0. The number of rotatable bonds is 7. The molecule has 3 rings (SSSR count). The number of benzene rings is 2. The summed E-state index contributed by atoms with van der Waals surface area (Å²) in [6.07, 6.45) is 0. The number of carbonyl (C=O) groups excluding carboxylic acids is 2. The van der Waals surface area contributed by atoms with Gasteiger partial charge in [0.2, 0.25) is 5.91 Å². The number of halogens is 2. The van der Waals surface area contributed by atoms with Crippen molar-refractivity contribution in [2.75, 3.05) is 11.9 Å². The first-order valence-electron chi connectivity index (χ1n) is 8.30. The zero-order chi connectivity index (χ0) is 19.9. The quantitative estimate of drug-likeness (QED) is 0.535. The van der Waals surface area contributed by atoms with Gasteiger partial charge in [-0.3, -0.25) is 9.59 Å². The molecule has 0 atom stereocenters. The summed E-state index contributed by atoms with van der Waals surface area (Å²) in [5.41, 5.74) is 0.641. The van der Waals surface area contributed by atoms with Crippen molar-refractivity contribution < 1.29 is 18.7 Å². The first-order chi connectivity index (χ1) is 13.5. The Bertz CT molecular complexity index is 955. The Morgan fingerprint density at radius 3 is 2.43 bits per heavy atom. The van der Waals surface area contributed by atoms with E-state index in [0.717, 1.165) is 4.47 Å². The molecule has 0 unspecified atom stereocenters. The molecule has 2 aromatic carbocycles. The Kier molecular flexibility index (Phi) is 6.73. The summed E-state index contributed by atoms with van der Waals surface area (Å²) in [6, 6.07) is 17.2. The molecule has 1 heterocycles. The molecule has 0 bridgehead atoms. The van der Waals surface area contributed by atoms with E-state index < -0.39 is 5.91 Å². The fraction of sp³-hybridized carbons (Fsp3) is 0.100. The maximum atomic E-state index is 12.1. The van der Waals surface area contributed by atoms with Gasteiger partial charge in [0.05, 0.1) is 6.54 Å². The van der Waals surface area contributed by atoms with Gasteiger partial charge in [0.15, 0.2) is 5.76 Å². The van der Waals surface area contributed by atoms with Gasteiger partial charge in [0.1, 0.15) is 18.1 Å². The molecule has 0 aliphatic carbocycles. The van der Waals surface area contributed by atoms with Gasteiger partial charge in [-0.25, -0.2) is 0 Å². The lowest BCUT2D eigenvalue weighted by molar-refractivity contribution is -0.115. The number of ether oxygens (including phenoxy) is 1. The zero-order valence-electron chi connectivity index (χ0n) is 14.6. The van der Waals surface area contributed by atoms with Crippen LogP contribution in [0.1, 0.15) is 16.3 Å². The summed E-state index contributed by atoms with van der Waals surface area (Å²) in [6.45, 7) is -0.00876. The fourth-order valence-electron chi connectivity index (χ4n) is 2.25. The van der Waals surface area contributed by atoms with E-state index in [4.69, 9.17) is 20.8 Å². The highest BCUT2D eigenvalue weighted by Crippen LogP contribution is 2.18. The normalized spacial score (nSPS) is 10.4. The largest absolute Gasteiger partial charge is 0.486 e. The fourth-order valence-corrected chi connectivity index (χ4v) is 2.64. The van der Waals surface area contributed by atoms with Gasteiger partial charge >= 0.3 is 0 Å². The Labute approximate surface area is 175 Å². The van der Waals surface area contributed by atoms with E-state index in [1.807, 2.05) is 12.1 Å². The number of amides is 2. The molecule has 0 aliphatic rings. The Balaban J connectivity index is 1.46. The molecule has 144 valence electrons. The van der Waals surface area contributed by atoms with Crippen LogP contribution in [-0.2, 0) is 11.4 Å². The first-order valence-corrected chi connectivity index (χ1v) is 9.47. The predicted octanol–water partition coefficient (Wildman–Crippen LogP) is 4.64. The van der Waals surface area contributed by atoms with E-state index in [1.54, 1.807) is 42.5 Å². The van der Waals surface area contributed by atoms with E-state index in [9.17, 15) is 9.59 Å². The van der Waals surface area contributed by atoms with Crippen LogP contribution in [0.4, 0.5) is 5.69 Å². The minimum Gasteiger partial charge on any atom is -0.486 e. The van der Waals surface area contributed by atoms with Crippen LogP contribution in [0.3, 0.4) is 0 Å². The highest BCUT2D eigenvalue weighted by Gasteiger charge is 2.13. The Hall–Kier alpha value is -2.77. The molecule has 2 N–H and O–H groups in total. The van der Waals surface area contributed by atoms with Crippen LogP contribution >= 0.6 is 27.5 Å². The van der Waals surface area contributed by atoms with Gasteiger partial charge in [-0.15, -0.1) is 0 Å². The maximum Gasteiger partial charge on any atom is 0.287 e. The third-order valence-electron chi connectivity index (χ3n) is 3.62. The number of carbonyl (C=O) groups is 2. The zero-order valence-corrected chi connectivity index (χ0v) is 16.9. The van der Waals surface area contributed by atoms with Gasteiger partial charge in [0, 0.05) is 15.2 Å². The van der Waals surface area contributed by atoms with E-state index in [1.165, 1.54) is 6.07 Å². The molecule has 0 saturated carbocycles. The predicted molar refractivity (Wildman–Crippen MR) is 110 cm³/mol. The van der Waals surface area contributed by atoms with Crippen LogP contribution in [-0.4, -0.2) is 18.4 Å². The molecule has 0 fully saturated rings. The molecule has 0 radical (unpaired) electrons. The average Bonchev–Trinajstić information content (AvgIpc) is 3.17. The average molecular weight is 464 g/mol. The van der Waals surface area contributed by atoms with Crippen LogP contribution < -0.4 is 15.4 Å². The van der Waals surface area contributed by atoms with Crippen LogP contribution in [0.25, 0.3) is 0 Å². The summed E-state index contributed by atoms with van der Waals surface area (Å²) in [5.74, 6) is 0.402. The van der Waals surface area contributed by atoms with E-state index in [-0.39, 0.29) is 24.8 Å². The van der Waals surface area contributed by atoms with Gasteiger partial charge in [-0.05, 0) is 60.7 Å². The second-order valence-corrected chi connectivity index (χ2v) is 7.10. The lowest BCUT2D eigenvalue weighted by atomic mass is 10.3. The third kappa shape index (κ3) is 5.87. The standard InChI is InChI=1S/C20H16BrClN2O4/c21-13-1-5-15(6-2-13)24-19(25)11-23-20(26)18-10-9-17(28-18)12-27-16-7-3-14(22)4-8-16/h1-10H,11-12H2,(H,23,26)(H,24,25). The monoisotopic (exact) mass is 462 g/mol. The summed E-state index contributed by atoms with van der Waals surface area (Å²) in [5, 5.41) is 5.82. The summed E-state index contributed by atoms with van der Waals surface area (Å²) < 4.78 is 11.9. The number of furan rings is 1. The molecule has 8 heteroatoms. The van der Waals surface area contributed by atoms with Crippen LogP contribution in [0.2, 0.25) is 5.02 Å². The Morgan fingerprint density at radius 2 is 1.71 bits per heavy atom. The molecule has 28 heavy (non-hydrogen) atoms. The molecule has 0 spiro atoms. The maximum absolute atomic E-state index is 12.1. The van der Waals surface area contributed by atoms with E-state index in [2.05, 4.69) is 26.6 Å². The van der Waals surface area contributed by atoms with Crippen molar-refractivity contribution in [3.63, 3.8) is 0 Å². The van der Waals surface area contributed by atoms with Crippen molar-refractivity contribution >= 4 is 45.0 Å². The summed E-state index contributed by atoms with van der Waals surface area (Å²) in [7, 11) is 0. The molecule has 0 saturated heterocycles. The molecule has 2 amide bonds. The van der Waals surface area contributed by atoms with Crippen LogP contribution in [0.5, 0.6) is 5.75 Å². The first kappa shape index (κ1) is 20.0. The van der Waals surface area contributed by atoms with Gasteiger partial charge < -0.3 is 19.8 Å². The third-order valence-corrected chi connectivity index (χ3v) is 4.40. The van der Waals surface area contributed by atoms with E-state index in [0.29, 0.717) is 22.2 Å². The number of hydrogen-bond donors (Lipinski definition) is 2. The topological polar surface area (TPSA) is 80.6 Å². The highest BCUT2D eigenvalue weighted by molar-refractivity contribution is 9.10. The smallest absolute Gasteiger partial charge is 0.287 e. The second-order valence-electron chi connectivity index (χ2n) is 5.75. The lowest BCUT2D eigenvalue weighted by Crippen LogP contribution is -2.32. The number of hydrogen-bond acceptors (Lipinski definition) is 4. The van der Waals surface area contributed by atoms with Gasteiger partial charge in [-0.1, -0.05) is 27.5 Å². The highest BCUT2D eigenvalue weighted by atomic mass is 79.9. The number of nitrogens with one attached hydrogen (secondary N) is 2. The minimum absolute atomic E-state index is 0.103. The molecule has 6 nitrogen and oxygen atoms in total. The van der Waals surface area contributed by atoms with Crippen molar-refractivity contribution in [2.24, 2.45) is 0 Å². The lowest BCUT2D eigenvalue weighted by Gasteiger charge is -2.06. The minimum atomic E-state index is -0.483. The molecular weight excluding hydrogens is 448 g/mol. The summed E-state index contributed by atoms with van der Waals surface area (Å²) >= 11 is 9.14. The van der Waals surface area contributed by atoms with Crippen molar-refractivity contribution in [1.82, 2.24) is 5.32 Å². The van der Waals surface area contributed by atoms with E-state index >= 15 is 0 Å². The SMILES string of the molecule is O=C(CNC(=O)c1ccc(COc2ccc(Cl)cc2)o1)Nc1ccc(Br)cc1. The van der Waals surface area contributed by atoms with Crippen molar-refractivity contribution in [3.05, 3.63) is 81.7 Å². The van der Waals surface area contributed by atoms with Crippen molar-refractivity contribution in [3.8, 4) is 5.75 Å². The number of anilines is 1. The van der Waals surface area contributed by atoms with Crippen molar-refractivity contribution in [1.29, 1.82) is 0 Å². The van der Waals surface area contributed by atoms with Crippen LogP contribution in [0.15, 0.2) is 69.6 Å². The van der Waals surface area contributed by atoms with Crippen molar-refractivity contribution in [2.45, 2.75) is 6.61 Å². The van der Waals surface area contributed by atoms with Gasteiger partial charge in [0.25, 0.3) is 5.91 Å². The molecule has 3 aromatic rings. The Morgan fingerprint density at radius 1 is 1.00 bits per heavy atom. The second kappa shape index (κ2) is 9.43. The molecule has 0 aliphatic heterocycles. The van der Waals surface area contributed by atoms with Crippen LogP contribution in [0, 0.1) is 0 Å². The molecule has 1 aromatic heterocycles. The van der Waals surface area contributed by atoms with Gasteiger partial charge in [-0.2, -0.15) is 0 Å².